The fourth-order valence-corrected chi connectivity index (χ4v) is 5.17. The lowest BCUT2D eigenvalue weighted by molar-refractivity contribution is -0.120. The van der Waals surface area contributed by atoms with Crippen LogP contribution in [0.15, 0.2) is 64.4 Å². The highest BCUT2D eigenvalue weighted by Gasteiger charge is 2.37. The zero-order chi connectivity index (χ0) is 18.6. The van der Waals surface area contributed by atoms with Gasteiger partial charge in [0.1, 0.15) is 6.04 Å². The molecule has 3 rings (SSSR count). The zero-order valence-corrected chi connectivity index (χ0v) is 16.2. The van der Waals surface area contributed by atoms with Crippen LogP contribution in [-0.2, 0) is 14.8 Å². The lowest BCUT2D eigenvalue weighted by Gasteiger charge is -2.33. The van der Waals surface area contributed by atoms with Gasteiger partial charge in [-0.2, -0.15) is 4.31 Å². The van der Waals surface area contributed by atoms with Crippen molar-refractivity contribution in [3.63, 3.8) is 0 Å². The summed E-state index contributed by atoms with van der Waals surface area (Å²) in [5, 5.41) is 2.86. The summed E-state index contributed by atoms with van der Waals surface area (Å²) in [5.41, 5.74) is 0.676. The molecular formula is C19H22N2O3S2. The predicted octanol–water partition coefficient (Wildman–Crippen LogP) is 3.59. The monoisotopic (exact) mass is 390 g/mol. The summed E-state index contributed by atoms with van der Waals surface area (Å²) >= 11 is 1.63. The molecule has 0 bridgehead atoms. The number of thioether (sulfide) groups is 1. The standard InChI is InChI=1S/C19H22N2O3S2/c1-25-16-12-10-15(11-13-16)20-19(22)18-9-5-6-14-21(18)26(23,24)17-7-3-2-4-8-17/h2-4,7-8,10-13,18H,5-6,9,14H2,1H3,(H,20,22). The maximum absolute atomic E-state index is 13.0. The Morgan fingerprint density at radius 2 is 1.77 bits per heavy atom. The third-order valence-corrected chi connectivity index (χ3v) is 7.13. The van der Waals surface area contributed by atoms with Gasteiger partial charge in [-0.15, -0.1) is 11.8 Å². The van der Waals surface area contributed by atoms with E-state index in [-0.39, 0.29) is 10.8 Å². The molecule has 5 nitrogen and oxygen atoms in total. The second-order valence-corrected chi connectivity index (χ2v) is 8.93. The molecule has 1 heterocycles. The first-order valence-electron chi connectivity index (χ1n) is 8.54. The molecule has 2 aromatic carbocycles. The van der Waals surface area contributed by atoms with Crippen LogP contribution in [0.5, 0.6) is 0 Å². The van der Waals surface area contributed by atoms with Crippen molar-refractivity contribution < 1.29 is 13.2 Å². The molecule has 2 aromatic rings. The van der Waals surface area contributed by atoms with Crippen LogP contribution < -0.4 is 5.32 Å². The quantitative estimate of drug-likeness (QED) is 0.793. The van der Waals surface area contributed by atoms with Gasteiger partial charge in [-0.25, -0.2) is 8.42 Å². The van der Waals surface area contributed by atoms with E-state index in [4.69, 9.17) is 0 Å². The van der Waals surface area contributed by atoms with Crippen molar-refractivity contribution in [1.82, 2.24) is 4.31 Å². The van der Waals surface area contributed by atoms with Gasteiger partial charge in [0.2, 0.25) is 15.9 Å². The second-order valence-electron chi connectivity index (χ2n) is 6.16. The van der Waals surface area contributed by atoms with Gasteiger partial charge in [-0.3, -0.25) is 4.79 Å². The molecule has 1 unspecified atom stereocenters. The van der Waals surface area contributed by atoms with Crippen LogP contribution in [0.1, 0.15) is 19.3 Å². The molecule has 7 heteroatoms. The number of carbonyl (C=O) groups is 1. The molecule has 1 aliphatic heterocycles. The summed E-state index contributed by atoms with van der Waals surface area (Å²) in [4.78, 5) is 14.1. The average Bonchev–Trinajstić information content (AvgIpc) is 2.69. The topological polar surface area (TPSA) is 66.5 Å². The van der Waals surface area contributed by atoms with Crippen LogP contribution in [0.3, 0.4) is 0 Å². The number of benzene rings is 2. The van der Waals surface area contributed by atoms with Crippen molar-refractivity contribution in [3.05, 3.63) is 54.6 Å². The van der Waals surface area contributed by atoms with Crippen LogP contribution in [0.4, 0.5) is 5.69 Å². The largest absolute Gasteiger partial charge is 0.325 e. The van der Waals surface area contributed by atoms with Crippen molar-refractivity contribution in [2.75, 3.05) is 18.1 Å². The Hall–Kier alpha value is -1.83. The van der Waals surface area contributed by atoms with E-state index < -0.39 is 16.1 Å². The number of hydrogen-bond donors (Lipinski definition) is 1. The maximum Gasteiger partial charge on any atom is 0.243 e. The number of rotatable bonds is 5. The summed E-state index contributed by atoms with van der Waals surface area (Å²) in [5.74, 6) is -0.277. The minimum absolute atomic E-state index is 0.226. The zero-order valence-electron chi connectivity index (χ0n) is 14.6. The molecule has 0 aliphatic carbocycles. The van der Waals surface area contributed by atoms with E-state index in [1.165, 1.54) is 4.31 Å². The number of anilines is 1. The molecule has 1 atom stereocenters. The molecule has 0 aromatic heterocycles. The van der Waals surface area contributed by atoms with Crippen LogP contribution >= 0.6 is 11.8 Å². The molecule has 138 valence electrons. The van der Waals surface area contributed by atoms with Gasteiger partial charge in [0.05, 0.1) is 4.90 Å². The van der Waals surface area contributed by atoms with Crippen LogP contribution in [0.25, 0.3) is 0 Å². The molecule has 26 heavy (non-hydrogen) atoms. The van der Waals surface area contributed by atoms with Gasteiger partial charge in [0.25, 0.3) is 0 Å². The minimum atomic E-state index is -3.69. The molecule has 1 N–H and O–H groups in total. The van der Waals surface area contributed by atoms with E-state index in [0.29, 0.717) is 18.7 Å². The Bertz CT molecular complexity index is 852. The number of nitrogens with zero attached hydrogens (tertiary/aromatic N) is 1. The Balaban J connectivity index is 1.81. The van der Waals surface area contributed by atoms with Gasteiger partial charge in [0, 0.05) is 17.1 Å². The van der Waals surface area contributed by atoms with Gasteiger partial charge < -0.3 is 5.32 Å². The van der Waals surface area contributed by atoms with Crippen LogP contribution in [0, 0.1) is 0 Å². The predicted molar refractivity (Wildman–Crippen MR) is 105 cm³/mol. The second kappa shape index (κ2) is 8.24. The van der Waals surface area contributed by atoms with Crippen molar-refractivity contribution in [1.29, 1.82) is 0 Å². The molecule has 0 saturated carbocycles. The first-order chi connectivity index (χ1) is 12.5. The Morgan fingerprint density at radius 3 is 2.42 bits per heavy atom. The van der Waals surface area contributed by atoms with Crippen molar-refractivity contribution in [2.45, 2.75) is 35.1 Å². The van der Waals surface area contributed by atoms with E-state index in [2.05, 4.69) is 5.32 Å². The number of sulfonamides is 1. The molecule has 1 aliphatic rings. The Labute approximate surface area is 158 Å². The smallest absolute Gasteiger partial charge is 0.243 e. The first-order valence-corrected chi connectivity index (χ1v) is 11.2. The molecule has 1 amide bonds. The summed E-state index contributed by atoms with van der Waals surface area (Å²) in [6.45, 7) is 0.362. The van der Waals surface area contributed by atoms with E-state index in [1.807, 2.05) is 30.5 Å². The lowest BCUT2D eigenvalue weighted by atomic mass is 10.0. The van der Waals surface area contributed by atoms with Gasteiger partial charge >= 0.3 is 0 Å². The van der Waals surface area contributed by atoms with Gasteiger partial charge in [-0.1, -0.05) is 24.6 Å². The van der Waals surface area contributed by atoms with E-state index in [0.717, 1.165) is 17.7 Å². The molecule has 1 fully saturated rings. The highest BCUT2D eigenvalue weighted by Crippen LogP contribution is 2.26. The SMILES string of the molecule is CSc1ccc(NC(=O)C2CCCCN2S(=O)(=O)c2ccccc2)cc1. The van der Waals surface area contributed by atoms with Crippen LogP contribution in [0.2, 0.25) is 0 Å². The van der Waals surface area contributed by atoms with E-state index in [1.54, 1.807) is 42.1 Å². The highest BCUT2D eigenvalue weighted by molar-refractivity contribution is 7.98. The van der Waals surface area contributed by atoms with Gasteiger partial charge in [-0.05, 0) is 55.5 Å². The maximum atomic E-state index is 13.0. The molecule has 0 spiro atoms. The van der Waals surface area contributed by atoms with Crippen molar-refractivity contribution >= 4 is 33.4 Å². The fraction of sp³-hybridized carbons (Fsp3) is 0.316. The lowest BCUT2D eigenvalue weighted by Crippen LogP contribution is -2.49. The van der Waals surface area contributed by atoms with Crippen molar-refractivity contribution in [2.24, 2.45) is 0 Å². The van der Waals surface area contributed by atoms with E-state index in [9.17, 15) is 13.2 Å². The highest BCUT2D eigenvalue weighted by atomic mass is 32.2. The number of piperidine rings is 1. The minimum Gasteiger partial charge on any atom is -0.325 e. The third kappa shape index (κ3) is 4.11. The Morgan fingerprint density at radius 1 is 1.08 bits per heavy atom. The number of carbonyl (C=O) groups excluding carboxylic acids is 1. The van der Waals surface area contributed by atoms with E-state index >= 15 is 0 Å². The third-order valence-electron chi connectivity index (χ3n) is 4.46. The van der Waals surface area contributed by atoms with Crippen molar-refractivity contribution in [3.8, 4) is 0 Å². The Kier molecular flexibility index (Phi) is 6.01. The average molecular weight is 391 g/mol. The first kappa shape index (κ1) is 18.9. The summed E-state index contributed by atoms with van der Waals surface area (Å²) < 4.78 is 27.3. The number of nitrogens with one attached hydrogen (secondary N) is 1. The van der Waals surface area contributed by atoms with Gasteiger partial charge in [0.15, 0.2) is 0 Å². The summed E-state index contributed by atoms with van der Waals surface area (Å²) in [7, 11) is -3.69. The van der Waals surface area contributed by atoms with Crippen LogP contribution in [-0.4, -0.2) is 37.5 Å². The molecular weight excluding hydrogens is 368 g/mol. The fourth-order valence-electron chi connectivity index (χ4n) is 3.08. The summed E-state index contributed by atoms with van der Waals surface area (Å²) in [6, 6.07) is 15.1. The number of amides is 1. The normalized spacial score (nSPS) is 18.4. The number of hydrogen-bond acceptors (Lipinski definition) is 4. The molecule has 1 saturated heterocycles. The summed E-state index contributed by atoms with van der Waals surface area (Å²) in [6.07, 6.45) is 4.12. The molecule has 0 radical (unpaired) electrons.